The Kier molecular flexibility index (Phi) is 4.87. The molecule has 1 aliphatic rings. The van der Waals surface area contributed by atoms with Crippen LogP contribution >= 0.6 is 0 Å². The van der Waals surface area contributed by atoms with Gasteiger partial charge < -0.3 is 14.7 Å². The number of carbonyl (C=O) groups is 1. The van der Waals surface area contributed by atoms with Crippen LogP contribution in [0, 0.1) is 6.92 Å². The van der Waals surface area contributed by atoms with Crippen LogP contribution in [0.25, 0.3) is 0 Å². The van der Waals surface area contributed by atoms with Crippen molar-refractivity contribution in [3.63, 3.8) is 0 Å². The summed E-state index contributed by atoms with van der Waals surface area (Å²) in [5, 5.41) is 6.80. The largest absolute Gasteiger partial charge is 0.367 e. The van der Waals surface area contributed by atoms with Gasteiger partial charge in [0.15, 0.2) is 15.7 Å². The second-order valence-corrected chi connectivity index (χ2v) is 7.46. The summed E-state index contributed by atoms with van der Waals surface area (Å²) in [4.78, 5) is 13.9. The molecule has 2 rings (SSSR count). The highest BCUT2D eigenvalue weighted by Crippen LogP contribution is 2.18. The summed E-state index contributed by atoms with van der Waals surface area (Å²) in [5.41, 5.74) is 0. The standard InChI is InChI=1S/C13H21N3O4S/c1-3-16(11-5-7-21(18,19)9-11)13(17)4-6-14-12-8-10(2)20-15-12/h8,11H,3-7,9H2,1-2H3,(H,14,15). The van der Waals surface area contributed by atoms with Crippen LogP contribution in [0.15, 0.2) is 10.6 Å². The van der Waals surface area contributed by atoms with Gasteiger partial charge in [0.25, 0.3) is 0 Å². The van der Waals surface area contributed by atoms with Gasteiger partial charge in [-0.05, 0) is 20.3 Å². The fourth-order valence-corrected chi connectivity index (χ4v) is 4.28. The van der Waals surface area contributed by atoms with Gasteiger partial charge in [0.05, 0.1) is 11.5 Å². The van der Waals surface area contributed by atoms with Crippen molar-refractivity contribution in [3.8, 4) is 0 Å². The Morgan fingerprint density at radius 3 is 2.86 bits per heavy atom. The molecule has 2 heterocycles. The number of sulfone groups is 1. The van der Waals surface area contributed by atoms with E-state index in [2.05, 4.69) is 10.5 Å². The molecule has 1 amide bonds. The van der Waals surface area contributed by atoms with Crippen LogP contribution < -0.4 is 5.32 Å². The first-order valence-corrected chi connectivity index (χ1v) is 8.90. The summed E-state index contributed by atoms with van der Waals surface area (Å²) in [6, 6.07) is 1.58. The zero-order valence-electron chi connectivity index (χ0n) is 12.3. The molecule has 1 saturated heterocycles. The fraction of sp³-hybridized carbons (Fsp3) is 0.692. The highest BCUT2D eigenvalue weighted by Gasteiger charge is 2.33. The first-order chi connectivity index (χ1) is 9.91. The lowest BCUT2D eigenvalue weighted by molar-refractivity contribution is -0.132. The van der Waals surface area contributed by atoms with E-state index in [-0.39, 0.29) is 23.5 Å². The van der Waals surface area contributed by atoms with E-state index in [9.17, 15) is 13.2 Å². The summed E-state index contributed by atoms with van der Waals surface area (Å²) >= 11 is 0. The molecule has 1 aliphatic heterocycles. The number of hydrogen-bond acceptors (Lipinski definition) is 6. The van der Waals surface area contributed by atoms with Gasteiger partial charge in [0.1, 0.15) is 5.76 Å². The van der Waals surface area contributed by atoms with Crippen LogP contribution in [0.3, 0.4) is 0 Å². The smallest absolute Gasteiger partial charge is 0.224 e. The Morgan fingerprint density at radius 2 is 2.33 bits per heavy atom. The molecule has 1 N–H and O–H groups in total. The van der Waals surface area contributed by atoms with Gasteiger partial charge in [0.2, 0.25) is 5.91 Å². The molecule has 0 aromatic carbocycles. The van der Waals surface area contributed by atoms with E-state index in [1.165, 1.54) is 0 Å². The minimum absolute atomic E-state index is 0.0349. The van der Waals surface area contributed by atoms with Crippen molar-refractivity contribution in [2.45, 2.75) is 32.7 Å². The van der Waals surface area contributed by atoms with E-state index >= 15 is 0 Å². The Morgan fingerprint density at radius 1 is 1.57 bits per heavy atom. The average Bonchev–Trinajstić information content (AvgIpc) is 2.97. The van der Waals surface area contributed by atoms with Crippen molar-refractivity contribution < 1.29 is 17.7 Å². The van der Waals surface area contributed by atoms with Gasteiger partial charge in [-0.2, -0.15) is 0 Å². The highest BCUT2D eigenvalue weighted by atomic mass is 32.2. The van der Waals surface area contributed by atoms with Crippen LogP contribution in [0.4, 0.5) is 5.82 Å². The van der Waals surface area contributed by atoms with Crippen LogP contribution in [-0.2, 0) is 14.6 Å². The van der Waals surface area contributed by atoms with E-state index < -0.39 is 9.84 Å². The van der Waals surface area contributed by atoms with Crippen molar-refractivity contribution in [2.75, 3.05) is 29.9 Å². The predicted octanol–water partition coefficient (Wildman–Crippen LogP) is 0.821. The van der Waals surface area contributed by atoms with Crippen LogP contribution in [0.5, 0.6) is 0 Å². The summed E-state index contributed by atoms with van der Waals surface area (Å²) in [6.45, 7) is 4.64. The average molecular weight is 315 g/mol. The number of carbonyl (C=O) groups excluding carboxylic acids is 1. The van der Waals surface area contributed by atoms with Crippen molar-refractivity contribution in [1.82, 2.24) is 10.1 Å². The molecule has 0 spiro atoms. The topological polar surface area (TPSA) is 92.5 Å². The third kappa shape index (κ3) is 4.20. The zero-order valence-corrected chi connectivity index (χ0v) is 13.1. The Labute approximate surface area is 124 Å². The van der Waals surface area contributed by atoms with Gasteiger partial charge in [-0.25, -0.2) is 8.42 Å². The van der Waals surface area contributed by atoms with Gasteiger partial charge in [0, 0.05) is 31.6 Å². The van der Waals surface area contributed by atoms with Crippen molar-refractivity contribution in [1.29, 1.82) is 0 Å². The fourth-order valence-electron chi connectivity index (χ4n) is 2.55. The Balaban J connectivity index is 1.83. The maximum atomic E-state index is 12.2. The van der Waals surface area contributed by atoms with E-state index in [4.69, 9.17) is 4.52 Å². The van der Waals surface area contributed by atoms with Crippen molar-refractivity contribution in [3.05, 3.63) is 11.8 Å². The third-order valence-electron chi connectivity index (χ3n) is 3.58. The summed E-state index contributed by atoms with van der Waals surface area (Å²) in [7, 11) is -2.98. The first-order valence-electron chi connectivity index (χ1n) is 7.08. The van der Waals surface area contributed by atoms with Crippen LogP contribution in [-0.4, -0.2) is 55.0 Å². The molecule has 1 aromatic rings. The van der Waals surface area contributed by atoms with E-state index in [1.54, 1.807) is 17.9 Å². The van der Waals surface area contributed by atoms with Crippen LogP contribution in [0.1, 0.15) is 25.5 Å². The van der Waals surface area contributed by atoms with Gasteiger partial charge in [-0.3, -0.25) is 4.79 Å². The third-order valence-corrected chi connectivity index (χ3v) is 5.33. The number of amides is 1. The maximum Gasteiger partial charge on any atom is 0.224 e. The molecule has 0 radical (unpaired) electrons. The number of aryl methyl sites for hydroxylation is 1. The maximum absolute atomic E-state index is 12.2. The quantitative estimate of drug-likeness (QED) is 0.835. The normalized spacial score (nSPS) is 20.4. The first kappa shape index (κ1) is 15.8. The molecule has 1 unspecified atom stereocenters. The molecular formula is C13H21N3O4S. The van der Waals surface area contributed by atoms with Crippen LogP contribution in [0.2, 0.25) is 0 Å². The summed E-state index contributed by atoms with van der Waals surface area (Å²) in [5.74, 6) is 1.54. The minimum atomic E-state index is -2.98. The molecule has 8 heteroatoms. The van der Waals surface area contributed by atoms with E-state index in [0.717, 1.165) is 0 Å². The summed E-state index contributed by atoms with van der Waals surface area (Å²) < 4.78 is 28.0. The Hall–Kier alpha value is -1.57. The number of hydrogen-bond donors (Lipinski definition) is 1. The van der Waals surface area contributed by atoms with E-state index in [1.807, 2.05) is 6.92 Å². The molecule has 118 valence electrons. The lowest BCUT2D eigenvalue weighted by atomic mass is 10.2. The predicted molar refractivity (Wildman–Crippen MR) is 78.8 cm³/mol. The minimum Gasteiger partial charge on any atom is -0.367 e. The Bertz CT molecular complexity index is 596. The second-order valence-electron chi connectivity index (χ2n) is 5.24. The molecule has 0 saturated carbocycles. The highest BCUT2D eigenvalue weighted by molar-refractivity contribution is 7.91. The van der Waals surface area contributed by atoms with Gasteiger partial charge in [-0.1, -0.05) is 5.16 Å². The molecule has 21 heavy (non-hydrogen) atoms. The lowest BCUT2D eigenvalue weighted by Crippen LogP contribution is -2.41. The van der Waals surface area contributed by atoms with Gasteiger partial charge >= 0.3 is 0 Å². The molecule has 1 fully saturated rings. The molecule has 7 nitrogen and oxygen atoms in total. The lowest BCUT2D eigenvalue weighted by Gasteiger charge is -2.26. The van der Waals surface area contributed by atoms with Crippen molar-refractivity contribution in [2.24, 2.45) is 0 Å². The molecular weight excluding hydrogens is 294 g/mol. The second kappa shape index (κ2) is 6.46. The monoisotopic (exact) mass is 315 g/mol. The molecule has 1 atom stereocenters. The SMILES string of the molecule is CCN(C(=O)CCNc1cc(C)on1)C1CCS(=O)(=O)C1. The number of rotatable bonds is 6. The summed E-state index contributed by atoms with van der Waals surface area (Å²) in [6.07, 6.45) is 0.841. The van der Waals surface area contributed by atoms with Crippen molar-refractivity contribution >= 4 is 21.6 Å². The number of aromatic nitrogens is 1. The number of anilines is 1. The number of nitrogens with one attached hydrogen (secondary N) is 1. The van der Waals surface area contributed by atoms with Gasteiger partial charge in [-0.15, -0.1) is 0 Å². The molecule has 0 aliphatic carbocycles. The number of nitrogens with zero attached hydrogens (tertiary/aromatic N) is 2. The van der Waals surface area contributed by atoms with E-state index in [0.29, 0.717) is 37.5 Å². The zero-order chi connectivity index (χ0) is 15.5. The molecule has 0 bridgehead atoms. The molecule has 1 aromatic heterocycles.